The average Bonchev–Trinajstić information content (AvgIpc) is 0.987. The molecule has 5 aliphatic rings. The SMILES string of the molecule is CC(C)(C)c1ccc(-c2ccc3c(c2)C2(C)CCCCC2(C)N3c2cc3c4c(c2)N(c2ccc(C(C)(C)C)cc2-c2ccccc2)c2cc5c(cc2B4c2cc(-c4ccccc4)ccc2N3c2ccc(C(C)(C)C)cc2-c2ccccc2)C(C)(C)c2ccccc2C5(C)C)cc1. The van der Waals surface area contributed by atoms with Crippen molar-refractivity contribution in [2.75, 3.05) is 14.7 Å². The van der Waals surface area contributed by atoms with E-state index in [1.54, 1.807) is 0 Å². The number of rotatable bonds is 7. The minimum atomic E-state index is -0.310. The zero-order chi connectivity index (χ0) is 66.8. The molecule has 478 valence electrons. The van der Waals surface area contributed by atoms with Crippen LogP contribution in [0.5, 0.6) is 0 Å². The highest BCUT2D eigenvalue weighted by molar-refractivity contribution is 7.00. The van der Waals surface area contributed by atoms with Crippen LogP contribution in [0.2, 0.25) is 0 Å². The topological polar surface area (TPSA) is 9.72 Å². The van der Waals surface area contributed by atoms with Crippen molar-refractivity contribution in [2.45, 2.75) is 168 Å². The predicted octanol–water partition coefficient (Wildman–Crippen LogP) is 23.0. The Bertz CT molecular complexity index is 4920. The second kappa shape index (κ2) is 21.7. The van der Waals surface area contributed by atoms with Crippen LogP contribution >= 0.6 is 0 Å². The first kappa shape index (κ1) is 61.7. The molecule has 0 aromatic heterocycles. The summed E-state index contributed by atoms with van der Waals surface area (Å²) >= 11 is 0. The van der Waals surface area contributed by atoms with E-state index in [9.17, 15) is 0 Å². The Hall–Kier alpha value is -9.12. The maximum absolute atomic E-state index is 2.86. The van der Waals surface area contributed by atoms with Gasteiger partial charge in [0.25, 0.3) is 6.71 Å². The number of benzene rings is 11. The van der Waals surface area contributed by atoms with E-state index >= 15 is 0 Å². The number of nitrogens with zero attached hydrogens (tertiary/aromatic N) is 3. The van der Waals surface area contributed by atoms with Gasteiger partial charge in [-0.25, -0.2) is 0 Å². The van der Waals surface area contributed by atoms with E-state index in [4.69, 9.17) is 0 Å². The average molecular weight is 1250 g/mol. The van der Waals surface area contributed by atoms with Gasteiger partial charge in [-0.05, 0) is 191 Å². The molecule has 2 unspecified atom stereocenters. The summed E-state index contributed by atoms with van der Waals surface area (Å²) in [4.78, 5) is 8.34. The van der Waals surface area contributed by atoms with Gasteiger partial charge in [0.2, 0.25) is 0 Å². The second-order valence-corrected chi connectivity index (χ2v) is 33.3. The maximum atomic E-state index is 2.86. The van der Waals surface area contributed by atoms with Gasteiger partial charge < -0.3 is 14.7 Å². The Labute approximate surface area is 573 Å². The molecule has 0 spiro atoms. The lowest BCUT2D eigenvalue weighted by Gasteiger charge is -2.51. The molecule has 3 aliphatic heterocycles. The van der Waals surface area contributed by atoms with Crippen LogP contribution < -0.4 is 31.1 Å². The lowest BCUT2D eigenvalue weighted by Crippen LogP contribution is -2.62. The highest BCUT2D eigenvalue weighted by Gasteiger charge is 2.59. The van der Waals surface area contributed by atoms with Crippen LogP contribution in [-0.2, 0) is 32.5 Å². The number of hydrogen-bond donors (Lipinski definition) is 0. The van der Waals surface area contributed by atoms with Gasteiger partial charge >= 0.3 is 0 Å². The third-order valence-corrected chi connectivity index (χ3v) is 23.7. The van der Waals surface area contributed by atoms with E-state index in [1.165, 1.54) is 164 Å². The van der Waals surface area contributed by atoms with E-state index < -0.39 is 0 Å². The molecule has 16 rings (SSSR count). The summed E-state index contributed by atoms with van der Waals surface area (Å²) in [7, 11) is 0. The second-order valence-electron chi connectivity index (χ2n) is 33.3. The van der Waals surface area contributed by atoms with Crippen LogP contribution in [0.3, 0.4) is 0 Å². The normalized spacial score (nSPS) is 18.8. The van der Waals surface area contributed by atoms with Gasteiger partial charge in [-0.3, -0.25) is 0 Å². The Morgan fingerprint density at radius 1 is 0.312 bits per heavy atom. The Morgan fingerprint density at radius 2 is 0.729 bits per heavy atom. The van der Waals surface area contributed by atoms with Gasteiger partial charge in [0, 0.05) is 61.5 Å². The maximum Gasteiger partial charge on any atom is 0.252 e. The number of hydrogen-bond acceptors (Lipinski definition) is 3. The smallest absolute Gasteiger partial charge is 0.252 e. The van der Waals surface area contributed by atoms with Crippen molar-refractivity contribution < 1.29 is 0 Å². The fourth-order valence-electron chi connectivity index (χ4n) is 18.0. The Kier molecular flexibility index (Phi) is 14.0. The largest absolute Gasteiger partial charge is 0.334 e. The first-order valence-electron chi connectivity index (χ1n) is 35.5. The Balaban J connectivity index is 1.07. The summed E-state index contributed by atoms with van der Waals surface area (Å²) in [6.07, 6.45) is 4.55. The molecule has 0 radical (unpaired) electrons. The summed E-state index contributed by atoms with van der Waals surface area (Å²) in [5.41, 5.74) is 33.4. The van der Waals surface area contributed by atoms with Crippen LogP contribution in [0.4, 0.5) is 45.5 Å². The summed E-state index contributed by atoms with van der Waals surface area (Å²) in [5.74, 6) is 0. The lowest BCUT2D eigenvalue weighted by molar-refractivity contribution is 0.195. The molecule has 4 heteroatoms. The van der Waals surface area contributed by atoms with Gasteiger partial charge in [-0.2, -0.15) is 0 Å². The fourth-order valence-corrected chi connectivity index (χ4v) is 18.0. The third-order valence-electron chi connectivity index (χ3n) is 23.7. The van der Waals surface area contributed by atoms with Crippen LogP contribution in [-0.4, -0.2) is 12.3 Å². The third kappa shape index (κ3) is 9.41. The van der Waals surface area contributed by atoms with Crippen LogP contribution in [0.15, 0.2) is 237 Å². The van der Waals surface area contributed by atoms with Crippen molar-refractivity contribution in [3.8, 4) is 44.5 Å². The van der Waals surface area contributed by atoms with Crippen molar-refractivity contribution in [2.24, 2.45) is 0 Å². The molecule has 11 aromatic carbocycles. The molecule has 0 N–H and O–H groups in total. The van der Waals surface area contributed by atoms with Crippen molar-refractivity contribution in [3.63, 3.8) is 0 Å². The summed E-state index contributed by atoms with van der Waals surface area (Å²) in [6.45, 7) is 36.1. The first-order chi connectivity index (χ1) is 45.8. The zero-order valence-corrected chi connectivity index (χ0v) is 59.3. The van der Waals surface area contributed by atoms with Crippen LogP contribution in [0.1, 0.15) is 174 Å². The lowest BCUT2D eigenvalue weighted by atomic mass is 9.33. The van der Waals surface area contributed by atoms with Crippen LogP contribution in [0, 0.1) is 0 Å². The molecular weight excluding hydrogens is 1160 g/mol. The molecule has 2 aliphatic carbocycles. The van der Waals surface area contributed by atoms with E-state index in [1.807, 2.05) is 0 Å². The van der Waals surface area contributed by atoms with Gasteiger partial charge in [0.1, 0.15) is 0 Å². The van der Waals surface area contributed by atoms with Gasteiger partial charge in [0.05, 0.1) is 16.9 Å². The minimum absolute atomic E-state index is 0.0696. The molecule has 0 saturated heterocycles. The van der Waals surface area contributed by atoms with Crippen molar-refractivity contribution >= 4 is 68.6 Å². The molecular formula is C92H92BN3. The van der Waals surface area contributed by atoms with E-state index in [0.717, 1.165) is 12.8 Å². The Morgan fingerprint density at radius 3 is 1.26 bits per heavy atom. The van der Waals surface area contributed by atoms with Crippen molar-refractivity contribution in [1.82, 2.24) is 0 Å². The predicted molar refractivity (Wildman–Crippen MR) is 412 cm³/mol. The molecule has 96 heavy (non-hydrogen) atoms. The zero-order valence-electron chi connectivity index (χ0n) is 59.3. The molecule has 2 atom stereocenters. The molecule has 0 amide bonds. The van der Waals surface area contributed by atoms with E-state index in [2.05, 4.69) is 355 Å². The molecule has 11 aromatic rings. The van der Waals surface area contributed by atoms with Crippen LogP contribution in [0.25, 0.3) is 44.5 Å². The standard InChI is InChI=1S/C92H92BN3/c1-86(2,3)65-41-37-60(38-42-65)63-39-45-80-75(51-63)91(14)49-27-28-50-92(91,15)96(80)68-55-83-85-84(56-68)95(79-48-44-67(88(7,8)9)54-70(79)62-33-23-18-24-34-62)82-58-74-73(89(10,11)71-35-25-26-36-72(71)90(74,12)13)57-77(82)93(85)76-52-64(59-29-19-16-20-30-59)40-46-81(76)94(83)78-47-43-66(87(4,5)6)53-69(78)61-31-21-17-22-32-61/h16-26,29-48,51-58H,27-28,49-50H2,1-15H3. The first-order valence-corrected chi connectivity index (χ1v) is 35.5. The fraction of sp³-hybridized carbons (Fsp3) is 0.283. The van der Waals surface area contributed by atoms with E-state index in [0.29, 0.717) is 0 Å². The summed E-state index contributed by atoms with van der Waals surface area (Å²) < 4.78 is 0. The molecule has 1 fully saturated rings. The molecule has 1 saturated carbocycles. The highest BCUT2D eigenvalue weighted by Crippen LogP contribution is 2.63. The van der Waals surface area contributed by atoms with Gasteiger partial charge in [-0.1, -0.05) is 286 Å². The monoisotopic (exact) mass is 1250 g/mol. The molecule has 0 bridgehead atoms. The number of anilines is 8. The summed E-state index contributed by atoms with van der Waals surface area (Å²) in [6, 6.07) is 92.8. The molecule has 3 heterocycles. The minimum Gasteiger partial charge on any atom is -0.334 e. The van der Waals surface area contributed by atoms with Gasteiger partial charge in [-0.15, -0.1) is 0 Å². The quantitative estimate of drug-likeness (QED) is 0.147. The summed E-state index contributed by atoms with van der Waals surface area (Å²) in [5, 5.41) is 0. The molecule has 3 nitrogen and oxygen atoms in total. The highest BCUT2D eigenvalue weighted by atomic mass is 15.3. The van der Waals surface area contributed by atoms with Crippen molar-refractivity contribution in [1.29, 1.82) is 0 Å². The number of fused-ring (bicyclic) bond motifs is 9. The van der Waals surface area contributed by atoms with Gasteiger partial charge in [0.15, 0.2) is 0 Å². The van der Waals surface area contributed by atoms with E-state index in [-0.39, 0.29) is 44.7 Å². The van der Waals surface area contributed by atoms with Crippen molar-refractivity contribution in [3.05, 3.63) is 281 Å².